The van der Waals surface area contributed by atoms with Gasteiger partial charge in [0, 0.05) is 36.1 Å². The number of thiophene rings is 1. The van der Waals surface area contributed by atoms with Gasteiger partial charge in [-0.3, -0.25) is 14.0 Å². The number of hydrogen-bond donors (Lipinski definition) is 1. The average molecular weight is 445 g/mol. The lowest BCUT2D eigenvalue weighted by Crippen LogP contribution is -2.41. The molecule has 0 aliphatic carbocycles. The first-order valence-electron chi connectivity index (χ1n) is 10.8. The highest BCUT2D eigenvalue weighted by atomic mass is 32.1. The van der Waals surface area contributed by atoms with E-state index in [-0.39, 0.29) is 17.7 Å². The lowest BCUT2D eigenvalue weighted by Gasteiger charge is -2.31. The van der Waals surface area contributed by atoms with Crippen molar-refractivity contribution in [3.05, 3.63) is 76.6 Å². The summed E-state index contributed by atoms with van der Waals surface area (Å²) in [5.41, 5.74) is 4.33. The Hall–Kier alpha value is -3.45. The molecule has 0 saturated carbocycles. The van der Waals surface area contributed by atoms with E-state index < -0.39 is 0 Å². The van der Waals surface area contributed by atoms with Gasteiger partial charge in [-0.05, 0) is 42.8 Å². The van der Waals surface area contributed by atoms with Crippen LogP contribution in [0.2, 0.25) is 0 Å². The van der Waals surface area contributed by atoms with E-state index in [0.29, 0.717) is 31.7 Å². The number of carbonyl (C=O) groups is 2. The highest BCUT2D eigenvalue weighted by Gasteiger charge is 2.29. The SMILES string of the molecule is Cc1cccn2c(NC(=O)C3CCN(C(=O)c4ccsc4)CC3)c(-c3ccccc3)nc12. The third kappa shape index (κ3) is 3.80. The Kier molecular flexibility index (Phi) is 5.49. The van der Waals surface area contributed by atoms with Crippen LogP contribution in [0.15, 0.2) is 65.5 Å². The van der Waals surface area contributed by atoms with Gasteiger partial charge in [-0.1, -0.05) is 36.4 Å². The Bertz CT molecular complexity index is 1260. The molecule has 7 heteroatoms. The van der Waals surface area contributed by atoms with Crippen molar-refractivity contribution in [3.63, 3.8) is 0 Å². The number of aromatic nitrogens is 2. The number of amides is 2. The highest BCUT2D eigenvalue weighted by molar-refractivity contribution is 7.08. The third-order valence-electron chi connectivity index (χ3n) is 6.06. The summed E-state index contributed by atoms with van der Waals surface area (Å²) < 4.78 is 1.95. The Morgan fingerprint density at radius 2 is 1.84 bits per heavy atom. The van der Waals surface area contributed by atoms with Crippen LogP contribution in [0.5, 0.6) is 0 Å². The molecule has 1 fully saturated rings. The van der Waals surface area contributed by atoms with Gasteiger partial charge in [0.15, 0.2) is 0 Å². The number of nitrogens with zero attached hydrogens (tertiary/aromatic N) is 3. The van der Waals surface area contributed by atoms with E-state index in [2.05, 4.69) is 5.32 Å². The van der Waals surface area contributed by atoms with Crippen LogP contribution in [0, 0.1) is 12.8 Å². The normalized spacial score (nSPS) is 14.6. The highest BCUT2D eigenvalue weighted by Crippen LogP contribution is 2.31. The number of nitrogens with one attached hydrogen (secondary N) is 1. The van der Waals surface area contributed by atoms with Crippen LogP contribution in [-0.4, -0.2) is 39.2 Å². The predicted molar refractivity (Wildman–Crippen MR) is 127 cm³/mol. The zero-order valence-corrected chi connectivity index (χ0v) is 18.6. The molecule has 0 radical (unpaired) electrons. The van der Waals surface area contributed by atoms with E-state index in [9.17, 15) is 9.59 Å². The maximum Gasteiger partial charge on any atom is 0.254 e. The van der Waals surface area contributed by atoms with Gasteiger partial charge >= 0.3 is 0 Å². The summed E-state index contributed by atoms with van der Waals surface area (Å²) in [7, 11) is 0. The minimum absolute atomic E-state index is 0.0203. The topological polar surface area (TPSA) is 66.7 Å². The lowest BCUT2D eigenvalue weighted by molar-refractivity contribution is -0.121. The second kappa shape index (κ2) is 8.59. The number of rotatable bonds is 4. The predicted octanol–water partition coefficient (Wildman–Crippen LogP) is 4.86. The Balaban J connectivity index is 1.36. The second-order valence-corrected chi connectivity index (χ2v) is 8.91. The number of carbonyl (C=O) groups excluding carboxylic acids is 2. The molecule has 1 aromatic carbocycles. The van der Waals surface area contributed by atoms with Gasteiger partial charge in [0.1, 0.15) is 17.2 Å². The van der Waals surface area contributed by atoms with Crippen LogP contribution >= 0.6 is 11.3 Å². The van der Waals surface area contributed by atoms with Crippen LogP contribution in [0.4, 0.5) is 5.82 Å². The minimum Gasteiger partial charge on any atom is -0.339 e. The van der Waals surface area contributed by atoms with Crippen molar-refractivity contribution in [1.82, 2.24) is 14.3 Å². The van der Waals surface area contributed by atoms with Crippen molar-refractivity contribution < 1.29 is 9.59 Å². The number of fused-ring (bicyclic) bond motifs is 1. The molecular formula is C25H24N4O2S. The Morgan fingerprint density at radius 3 is 2.56 bits per heavy atom. The minimum atomic E-state index is -0.138. The van der Waals surface area contributed by atoms with Gasteiger partial charge in [-0.25, -0.2) is 4.98 Å². The van der Waals surface area contributed by atoms with Crippen molar-refractivity contribution in [2.45, 2.75) is 19.8 Å². The van der Waals surface area contributed by atoms with E-state index in [1.54, 1.807) is 0 Å². The number of aryl methyl sites for hydroxylation is 1. The molecule has 0 bridgehead atoms. The Morgan fingerprint density at radius 1 is 1.06 bits per heavy atom. The van der Waals surface area contributed by atoms with Gasteiger partial charge in [0.2, 0.25) is 5.91 Å². The molecule has 5 rings (SSSR count). The van der Waals surface area contributed by atoms with Gasteiger partial charge in [0.25, 0.3) is 5.91 Å². The van der Waals surface area contributed by atoms with Crippen molar-refractivity contribution in [2.24, 2.45) is 5.92 Å². The van der Waals surface area contributed by atoms with Crippen LogP contribution in [0.1, 0.15) is 28.8 Å². The fraction of sp³-hybridized carbons (Fsp3) is 0.240. The van der Waals surface area contributed by atoms with E-state index in [4.69, 9.17) is 4.98 Å². The molecule has 6 nitrogen and oxygen atoms in total. The number of pyridine rings is 1. The standard InChI is InChI=1S/C25H24N4O2S/c1-17-6-5-12-29-22(17)26-21(18-7-3-2-4-8-18)23(29)27-24(30)19-9-13-28(14-10-19)25(31)20-11-15-32-16-20/h2-8,11-12,15-16,19H,9-10,13-14H2,1H3,(H,27,30). The van der Waals surface area contributed by atoms with E-state index >= 15 is 0 Å². The summed E-state index contributed by atoms with van der Waals surface area (Å²) in [5, 5.41) is 6.95. The molecule has 1 aliphatic rings. The first-order chi connectivity index (χ1) is 15.6. The van der Waals surface area contributed by atoms with E-state index in [0.717, 1.165) is 28.0 Å². The first kappa shape index (κ1) is 20.5. The molecule has 4 heterocycles. The molecule has 4 aromatic rings. The van der Waals surface area contributed by atoms with Crippen LogP contribution in [0.3, 0.4) is 0 Å². The summed E-state index contributed by atoms with van der Waals surface area (Å²) in [4.78, 5) is 32.5. The fourth-order valence-corrected chi connectivity index (χ4v) is 4.88. The molecule has 162 valence electrons. The lowest BCUT2D eigenvalue weighted by atomic mass is 9.95. The van der Waals surface area contributed by atoms with Gasteiger partial charge in [-0.15, -0.1) is 0 Å². The second-order valence-electron chi connectivity index (χ2n) is 8.13. The molecule has 1 aliphatic heterocycles. The largest absolute Gasteiger partial charge is 0.339 e. The van der Waals surface area contributed by atoms with E-state index in [1.165, 1.54) is 11.3 Å². The van der Waals surface area contributed by atoms with Crippen molar-refractivity contribution >= 4 is 34.6 Å². The van der Waals surface area contributed by atoms with Crippen molar-refractivity contribution in [1.29, 1.82) is 0 Å². The van der Waals surface area contributed by atoms with Crippen LogP contribution in [-0.2, 0) is 4.79 Å². The van der Waals surface area contributed by atoms with Crippen LogP contribution < -0.4 is 5.32 Å². The summed E-state index contributed by atoms with van der Waals surface area (Å²) in [6.45, 7) is 3.19. The van der Waals surface area contributed by atoms with Crippen molar-refractivity contribution in [3.8, 4) is 11.3 Å². The number of likely N-dealkylation sites (tertiary alicyclic amines) is 1. The molecule has 1 saturated heterocycles. The Labute approximate surface area is 190 Å². The molecule has 0 atom stereocenters. The molecule has 3 aromatic heterocycles. The van der Waals surface area contributed by atoms with E-state index in [1.807, 2.05) is 81.7 Å². The zero-order chi connectivity index (χ0) is 22.1. The van der Waals surface area contributed by atoms with Crippen LogP contribution in [0.25, 0.3) is 16.9 Å². The smallest absolute Gasteiger partial charge is 0.254 e. The van der Waals surface area contributed by atoms with Crippen molar-refractivity contribution in [2.75, 3.05) is 18.4 Å². The zero-order valence-electron chi connectivity index (χ0n) is 17.8. The van der Waals surface area contributed by atoms with Gasteiger partial charge in [-0.2, -0.15) is 11.3 Å². The molecule has 2 amide bonds. The van der Waals surface area contributed by atoms with Gasteiger partial charge in [0.05, 0.1) is 5.56 Å². The summed E-state index contributed by atoms with van der Waals surface area (Å²) in [6.07, 6.45) is 3.23. The number of hydrogen-bond acceptors (Lipinski definition) is 4. The summed E-state index contributed by atoms with van der Waals surface area (Å²) >= 11 is 1.52. The molecule has 1 N–H and O–H groups in total. The summed E-state index contributed by atoms with van der Waals surface area (Å²) in [5.74, 6) is 0.582. The molecule has 32 heavy (non-hydrogen) atoms. The monoisotopic (exact) mass is 444 g/mol. The fourth-order valence-electron chi connectivity index (χ4n) is 4.25. The number of imidazole rings is 1. The quantitative estimate of drug-likeness (QED) is 0.489. The number of piperidine rings is 1. The summed E-state index contributed by atoms with van der Waals surface area (Å²) in [6, 6.07) is 15.7. The average Bonchev–Trinajstić information content (AvgIpc) is 3.49. The van der Waals surface area contributed by atoms with Gasteiger partial charge < -0.3 is 10.2 Å². The molecular weight excluding hydrogens is 420 g/mol. The maximum absolute atomic E-state index is 13.2. The maximum atomic E-state index is 13.2. The molecule has 0 spiro atoms. The first-order valence-corrected chi connectivity index (χ1v) is 11.7. The third-order valence-corrected chi connectivity index (χ3v) is 6.74. The molecule has 0 unspecified atom stereocenters. The number of anilines is 1. The number of benzene rings is 1.